The maximum Gasteiger partial charge on any atom is 0.196 e. The minimum absolute atomic E-state index is 0.255. The van der Waals surface area contributed by atoms with Crippen LogP contribution in [0.4, 0.5) is 0 Å². The largest absolute Gasteiger partial charge is 0.467 e. The van der Waals surface area contributed by atoms with E-state index in [9.17, 15) is 0 Å². The average Bonchev–Trinajstić information content (AvgIpc) is 3.09. The molecule has 8 heteroatoms. The van der Waals surface area contributed by atoms with Crippen LogP contribution in [0.1, 0.15) is 16.7 Å². The van der Waals surface area contributed by atoms with E-state index < -0.39 is 0 Å². The molecule has 142 valence electrons. The molecule has 2 aromatic carbocycles. The van der Waals surface area contributed by atoms with Crippen molar-refractivity contribution in [2.45, 2.75) is 24.4 Å². The molecule has 0 atom stereocenters. The molecule has 0 spiro atoms. The van der Waals surface area contributed by atoms with Crippen molar-refractivity contribution in [1.82, 2.24) is 14.6 Å². The Morgan fingerprint density at radius 2 is 2.00 bits per heavy atom. The van der Waals surface area contributed by atoms with Crippen LogP contribution in [0.25, 0.3) is 16.6 Å². The van der Waals surface area contributed by atoms with Crippen LogP contribution in [-0.4, -0.2) is 21.4 Å². The number of aryl methyl sites for hydroxylation is 1. The van der Waals surface area contributed by atoms with Gasteiger partial charge < -0.3 is 9.47 Å². The Hall–Kier alpha value is -1.99. The fraction of sp³-hybridized carbons (Fsp3) is 0.200. The quantitative estimate of drug-likeness (QED) is 0.391. The van der Waals surface area contributed by atoms with Gasteiger partial charge in [-0.3, -0.25) is 4.40 Å². The highest BCUT2D eigenvalue weighted by atomic mass is 35.5. The van der Waals surface area contributed by atoms with Gasteiger partial charge in [0.25, 0.3) is 0 Å². The van der Waals surface area contributed by atoms with Gasteiger partial charge in [-0.05, 0) is 48.9 Å². The van der Waals surface area contributed by atoms with E-state index in [1.807, 2.05) is 36.4 Å². The van der Waals surface area contributed by atoms with Crippen LogP contribution in [0.3, 0.4) is 0 Å². The summed E-state index contributed by atoms with van der Waals surface area (Å²) in [7, 11) is 0. The third kappa shape index (κ3) is 3.10. The average molecular weight is 432 g/mol. The molecule has 0 fully saturated rings. The van der Waals surface area contributed by atoms with Crippen molar-refractivity contribution in [1.29, 1.82) is 0 Å². The minimum atomic E-state index is 0.255. The number of nitrogens with zero attached hydrogens (tertiary/aromatic N) is 3. The summed E-state index contributed by atoms with van der Waals surface area (Å²) >= 11 is 14.1. The fourth-order valence-corrected chi connectivity index (χ4v) is 4.85. The molecule has 0 saturated carbocycles. The van der Waals surface area contributed by atoms with E-state index in [-0.39, 0.29) is 6.79 Å². The molecule has 0 N–H and O–H groups in total. The lowest BCUT2D eigenvalue weighted by atomic mass is 10.1. The number of halogens is 2. The third-order valence-electron chi connectivity index (χ3n) is 4.74. The van der Waals surface area contributed by atoms with E-state index in [1.54, 1.807) is 11.8 Å². The number of rotatable bonds is 3. The molecule has 0 saturated heterocycles. The first-order valence-electron chi connectivity index (χ1n) is 8.69. The van der Waals surface area contributed by atoms with Crippen LogP contribution in [0.5, 0.6) is 5.75 Å². The molecule has 4 aromatic rings. The molecule has 1 aliphatic rings. The van der Waals surface area contributed by atoms with Gasteiger partial charge in [-0.2, -0.15) is 0 Å². The van der Waals surface area contributed by atoms with E-state index in [0.717, 1.165) is 44.1 Å². The van der Waals surface area contributed by atoms with E-state index in [1.165, 1.54) is 0 Å². The number of pyridine rings is 1. The Morgan fingerprint density at radius 1 is 1.11 bits per heavy atom. The van der Waals surface area contributed by atoms with Gasteiger partial charge in [-0.1, -0.05) is 35.0 Å². The number of thioether (sulfide) groups is 1. The molecule has 28 heavy (non-hydrogen) atoms. The number of hydrogen-bond donors (Lipinski definition) is 0. The van der Waals surface area contributed by atoms with Crippen molar-refractivity contribution in [3.63, 3.8) is 0 Å². The van der Waals surface area contributed by atoms with Gasteiger partial charge in [0.05, 0.1) is 12.1 Å². The second-order valence-electron chi connectivity index (χ2n) is 6.62. The lowest BCUT2D eigenvalue weighted by Gasteiger charge is -2.20. The van der Waals surface area contributed by atoms with Crippen LogP contribution in [-0.2, 0) is 17.1 Å². The molecule has 0 amide bonds. The van der Waals surface area contributed by atoms with Crippen molar-refractivity contribution in [3.05, 3.63) is 63.1 Å². The maximum absolute atomic E-state index is 6.28. The second-order valence-corrected chi connectivity index (χ2v) is 8.43. The summed E-state index contributed by atoms with van der Waals surface area (Å²) in [4.78, 5) is 0. The predicted octanol–water partition coefficient (Wildman–Crippen LogP) is 5.66. The Labute approximate surface area is 175 Å². The van der Waals surface area contributed by atoms with Crippen LogP contribution in [0.2, 0.25) is 10.0 Å². The van der Waals surface area contributed by atoms with Gasteiger partial charge in [0.15, 0.2) is 17.6 Å². The summed E-state index contributed by atoms with van der Waals surface area (Å²) in [6.45, 7) is 2.81. The lowest BCUT2D eigenvalue weighted by molar-refractivity contribution is -0.0168. The molecule has 5 rings (SSSR count). The van der Waals surface area contributed by atoms with Gasteiger partial charge in [-0.15, -0.1) is 10.2 Å². The molecular formula is C20H15Cl2N3O2S. The van der Waals surface area contributed by atoms with Crippen molar-refractivity contribution in [2.24, 2.45) is 0 Å². The first kappa shape index (κ1) is 18.1. The van der Waals surface area contributed by atoms with Crippen LogP contribution < -0.4 is 4.74 Å². The van der Waals surface area contributed by atoms with Gasteiger partial charge in [0.1, 0.15) is 5.75 Å². The molecule has 2 aromatic heterocycles. The molecule has 0 bridgehead atoms. The topological polar surface area (TPSA) is 48.7 Å². The first-order chi connectivity index (χ1) is 13.6. The summed E-state index contributed by atoms with van der Waals surface area (Å²) in [5.74, 6) is 1.51. The molecular weight excluding hydrogens is 417 g/mol. The first-order valence-corrected chi connectivity index (χ1v) is 10.4. The normalized spacial score (nSPS) is 13.7. The molecule has 1 aliphatic heterocycles. The van der Waals surface area contributed by atoms with Crippen LogP contribution >= 0.6 is 35.0 Å². The molecule has 5 nitrogen and oxygen atoms in total. The fourth-order valence-electron chi connectivity index (χ4n) is 3.49. The number of benzene rings is 2. The van der Waals surface area contributed by atoms with E-state index in [0.29, 0.717) is 22.4 Å². The van der Waals surface area contributed by atoms with E-state index in [2.05, 4.69) is 21.5 Å². The van der Waals surface area contributed by atoms with Gasteiger partial charge in [0, 0.05) is 32.3 Å². The Kier molecular flexibility index (Phi) is 4.59. The maximum atomic E-state index is 6.28. The van der Waals surface area contributed by atoms with Crippen molar-refractivity contribution >= 4 is 51.5 Å². The molecule has 0 unspecified atom stereocenters. The van der Waals surface area contributed by atoms with Gasteiger partial charge in [0.2, 0.25) is 0 Å². The highest BCUT2D eigenvalue weighted by Gasteiger charge is 2.18. The number of fused-ring (bicyclic) bond motifs is 4. The molecule has 0 radical (unpaired) electrons. The Balaban J connectivity index is 1.56. The summed E-state index contributed by atoms with van der Waals surface area (Å²) in [6, 6.07) is 11.7. The number of ether oxygens (including phenoxy) is 2. The van der Waals surface area contributed by atoms with Crippen molar-refractivity contribution < 1.29 is 9.47 Å². The predicted molar refractivity (Wildman–Crippen MR) is 112 cm³/mol. The zero-order chi connectivity index (χ0) is 19.3. The zero-order valence-electron chi connectivity index (χ0n) is 14.9. The monoisotopic (exact) mass is 431 g/mol. The van der Waals surface area contributed by atoms with E-state index in [4.69, 9.17) is 32.7 Å². The SMILES string of the molecule is Cc1cc2nnc(SCc3cc(Cl)cc4c3OCOC4)n2c2ccc(Cl)cc12. The smallest absolute Gasteiger partial charge is 0.196 e. The zero-order valence-corrected chi connectivity index (χ0v) is 17.2. The van der Waals surface area contributed by atoms with E-state index >= 15 is 0 Å². The Morgan fingerprint density at radius 3 is 2.89 bits per heavy atom. The minimum Gasteiger partial charge on any atom is -0.467 e. The lowest BCUT2D eigenvalue weighted by Crippen LogP contribution is -2.13. The van der Waals surface area contributed by atoms with Crippen molar-refractivity contribution in [3.8, 4) is 5.75 Å². The highest BCUT2D eigenvalue weighted by molar-refractivity contribution is 7.98. The number of hydrogen-bond acceptors (Lipinski definition) is 5. The van der Waals surface area contributed by atoms with Crippen LogP contribution in [0, 0.1) is 6.92 Å². The molecule has 3 heterocycles. The summed E-state index contributed by atoms with van der Waals surface area (Å²) in [5.41, 5.74) is 4.95. The molecule has 0 aliphatic carbocycles. The Bertz CT molecular complexity index is 1230. The van der Waals surface area contributed by atoms with Gasteiger partial charge >= 0.3 is 0 Å². The summed E-state index contributed by atoms with van der Waals surface area (Å²) < 4.78 is 13.1. The third-order valence-corrected chi connectivity index (χ3v) is 6.17. The van der Waals surface area contributed by atoms with Crippen LogP contribution in [0.15, 0.2) is 41.6 Å². The number of aromatic nitrogens is 3. The summed E-state index contributed by atoms with van der Waals surface area (Å²) in [5, 5.41) is 12.0. The van der Waals surface area contributed by atoms with Crippen molar-refractivity contribution in [2.75, 3.05) is 6.79 Å². The second kappa shape index (κ2) is 7.12. The summed E-state index contributed by atoms with van der Waals surface area (Å²) in [6.07, 6.45) is 0. The standard InChI is InChI=1S/C20H15Cl2N3O2S/c1-11-4-18-23-24-20(25(18)17-3-2-14(21)7-16(11)17)28-9-13-6-15(22)5-12-8-26-10-27-19(12)13/h2-7H,8-10H2,1H3. The van der Waals surface area contributed by atoms with Gasteiger partial charge in [-0.25, -0.2) is 0 Å². The highest BCUT2D eigenvalue weighted by Crippen LogP contribution is 2.36.